The number of ether oxygens (including phenoxy) is 4. The monoisotopic (exact) mass is 684 g/mol. The van der Waals surface area contributed by atoms with Gasteiger partial charge in [0.05, 0.1) is 47.7 Å². The zero-order valence-electron chi connectivity index (χ0n) is 26.2. The highest BCUT2D eigenvalue weighted by Crippen LogP contribution is 2.38. The van der Waals surface area contributed by atoms with Crippen LogP contribution >= 0.6 is 22.9 Å². The van der Waals surface area contributed by atoms with Crippen molar-refractivity contribution in [1.82, 2.24) is 4.57 Å². The number of methoxy groups -OCH3 is 2. The molecule has 0 amide bonds. The molecule has 0 aliphatic carbocycles. The summed E-state index contributed by atoms with van der Waals surface area (Å²) in [6.07, 6.45) is 1.70. The van der Waals surface area contributed by atoms with Gasteiger partial charge in [-0.1, -0.05) is 77.5 Å². The number of thiazole rings is 1. The van der Waals surface area contributed by atoms with Gasteiger partial charge in [0.2, 0.25) is 0 Å². The first kappa shape index (κ1) is 32.7. The van der Waals surface area contributed by atoms with Gasteiger partial charge in [-0.2, -0.15) is 0 Å². The van der Waals surface area contributed by atoms with Crippen LogP contribution in [-0.2, 0) is 16.1 Å². The Morgan fingerprint density at radius 2 is 1.73 bits per heavy atom. The second kappa shape index (κ2) is 14.3. The summed E-state index contributed by atoms with van der Waals surface area (Å²) in [5, 5.41) is 0.266. The fourth-order valence-electron chi connectivity index (χ4n) is 5.39. The number of halogens is 2. The van der Waals surface area contributed by atoms with Gasteiger partial charge in [0.25, 0.3) is 5.56 Å². The lowest BCUT2D eigenvalue weighted by Crippen LogP contribution is -2.40. The van der Waals surface area contributed by atoms with E-state index >= 15 is 0 Å². The summed E-state index contributed by atoms with van der Waals surface area (Å²) in [7, 11) is 3.06. The number of hydrogen-bond acceptors (Lipinski definition) is 8. The van der Waals surface area contributed by atoms with Gasteiger partial charge in [0.15, 0.2) is 16.3 Å². The van der Waals surface area contributed by atoms with Crippen molar-refractivity contribution in [1.29, 1.82) is 0 Å². The van der Waals surface area contributed by atoms with Gasteiger partial charge in [0.1, 0.15) is 18.2 Å². The molecule has 5 aromatic rings. The van der Waals surface area contributed by atoms with Crippen molar-refractivity contribution < 1.29 is 28.1 Å². The largest absolute Gasteiger partial charge is 0.497 e. The molecule has 0 bridgehead atoms. The van der Waals surface area contributed by atoms with Crippen LogP contribution in [0.4, 0.5) is 4.39 Å². The Bertz CT molecular complexity index is 2180. The van der Waals surface area contributed by atoms with Crippen LogP contribution in [0.25, 0.3) is 11.8 Å². The van der Waals surface area contributed by atoms with Crippen molar-refractivity contribution >= 4 is 40.7 Å². The van der Waals surface area contributed by atoms with E-state index in [9.17, 15) is 14.0 Å². The molecule has 6 rings (SSSR count). The molecule has 0 N–H and O–H groups in total. The highest BCUT2D eigenvalue weighted by Gasteiger charge is 2.35. The number of fused-ring (bicyclic) bond motifs is 1. The third-order valence-corrected chi connectivity index (χ3v) is 8.91. The quantitative estimate of drug-likeness (QED) is 0.160. The van der Waals surface area contributed by atoms with Crippen molar-refractivity contribution in [3.05, 3.63) is 149 Å². The van der Waals surface area contributed by atoms with E-state index in [1.807, 2.05) is 42.5 Å². The topological polar surface area (TPSA) is 88.4 Å². The predicted octanol–water partition coefficient (Wildman–Crippen LogP) is 6.32. The summed E-state index contributed by atoms with van der Waals surface area (Å²) in [6.45, 7) is 2.03. The van der Waals surface area contributed by atoms with Crippen molar-refractivity contribution in [2.45, 2.75) is 19.6 Å². The van der Waals surface area contributed by atoms with E-state index in [0.717, 1.165) is 5.56 Å². The number of esters is 1. The SMILES string of the molecule is CCOC(=O)C1=C(c2ccccc2)N=c2s/c(=C\c3cc(Cl)c(OCc4ccc(F)cc4)c(OC)c3)c(=O)n2[C@@H]1c1ccc(OC)cc1. The number of hydrogen-bond donors (Lipinski definition) is 0. The molecule has 2 heterocycles. The maximum Gasteiger partial charge on any atom is 0.338 e. The molecule has 4 aromatic carbocycles. The number of carbonyl (C=O) groups excluding carboxylic acids is 1. The Balaban J connectivity index is 1.49. The first-order chi connectivity index (χ1) is 23.3. The molecule has 1 aliphatic rings. The lowest BCUT2D eigenvalue weighted by Gasteiger charge is -2.26. The molecular formula is C37H30ClFN2O6S. The van der Waals surface area contributed by atoms with Crippen LogP contribution in [0.15, 0.2) is 106 Å². The number of benzene rings is 4. The number of carbonyl (C=O) groups is 1. The second-order valence-electron chi connectivity index (χ2n) is 10.7. The smallest absolute Gasteiger partial charge is 0.338 e. The Morgan fingerprint density at radius 1 is 1.00 bits per heavy atom. The fourth-order valence-corrected chi connectivity index (χ4v) is 6.67. The summed E-state index contributed by atoms with van der Waals surface area (Å²) in [5.74, 6) is 0.395. The fraction of sp³-hybridized carbons (Fsp3) is 0.162. The molecule has 1 atom stereocenters. The molecule has 0 saturated heterocycles. The molecule has 244 valence electrons. The minimum atomic E-state index is -0.830. The first-order valence-corrected chi connectivity index (χ1v) is 16.2. The maximum atomic E-state index is 14.3. The minimum Gasteiger partial charge on any atom is -0.497 e. The van der Waals surface area contributed by atoms with Crippen molar-refractivity contribution in [2.24, 2.45) is 4.99 Å². The molecule has 0 radical (unpaired) electrons. The Labute approximate surface area is 284 Å². The second-order valence-corrected chi connectivity index (χ2v) is 12.1. The number of aromatic nitrogens is 1. The van der Waals surface area contributed by atoms with E-state index in [4.69, 9.17) is 35.5 Å². The molecule has 0 unspecified atom stereocenters. The van der Waals surface area contributed by atoms with Crippen LogP contribution in [0.1, 0.15) is 35.2 Å². The molecule has 1 aliphatic heterocycles. The third-order valence-electron chi connectivity index (χ3n) is 7.65. The van der Waals surface area contributed by atoms with Crippen LogP contribution in [0.2, 0.25) is 5.02 Å². The van der Waals surface area contributed by atoms with E-state index in [1.54, 1.807) is 56.5 Å². The van der Waals surface area contributed by atoms with Gasteiger partial charge >= 0.3 is 5.97 Å². The van der Waals surface area contributed by atoms with E-state index in [1.165, 1.54) is 35.1 Å². The number of nitrogens with zero attached hydrogens (tertiary/aromatic N) is 2. The van der Waals surface area contributed by atoms with Gasteiger partial charge in [-0.3, -0.25) is 9.36 Å². The molecule has 48 heavy (non-hydrogen) atoms. The van der Waals surface area contributed by atoms with E-state index < -0.39 is 12.0 Å². The lowest BCUT2D eigenvalue weighted by molar-refractivity contribution is -0.138. The number of rotatable bonds is 10. The van der Waals surface area contributed by atoms with Crippen LogP contribution in [0.5, 0.6) is 17.2 Å². The van der Waals surface area contributed by atoms with Crippen LogP contribution in [0.3, 0.4) is 0 Å². The molecule has 11 heteroatoms. The molecule has 8 nitrogen and oxygen atoms in total. The summed E-state index contributed by atoms with van der Waals surface area (Å²) in [4.78, 5) is 33.2. The normalized spacial score (nSPS) is 14.3. The van der Waals surface area contributed by atoms with Gasteiger partial charge in [-0.25, -0.2) is 14.2 Å². The highest BCUT2D eigenvalue weighted by atomic mass is 35.5. The first-order valence-electron chi connectivity index (χ1n) is 15.0. The molecule has 0 fully saturated rings. The molecule has 0 saturated carbocycles. The van der Waals surface area contributed by atoms with Crippen molar-refractivity contribution in [2.75, 3.05) is 20.8 Å². The molecular weight excluding hydrogens is 655 g/mol. The summed E-state index contributed by atoms with van der Waals surface area (Å²) < 4.78 is 37.6. The summed E-state index contributed by atoms with van der Waals surface area (Å²) in [5.41, 5.74) is 3.06. The average molecular weight is 685 g/mol. The van der Waals surface area contributed by atoms with E-state index in [0.29, 0.717) is 49.0 Å². The summed E-state index contributed by atoms with van der Waals surface area (Å²) >= 11 is 7.85. The van der Waals surface area contributed by atoms with Crippen molar-refractivity contribution in [3.8, 4) is 17.2 Å². The van der Waals surface area contributed by atoms with Crippen LogP contribution in [-0.4, -0.2) is 31.4 Å². The van der Waals surface area contributed by atoms with Crippen molar-refractivity contribution in [3.63, 3.8) is 0 Å². The molecule has 1 aromatic heterocycles. The summed E-state index contributed by atoms with van der Waals surface area (Å²) in [6, 6.07) is 25.1. The van der Waals surface area contributed by atoms with Crippen LogP contribution in [0, 0.1) is 5.82 Å². The van der Waals surface area contributed by atoms with Gasteiger partial charge in [-0.15, -0.1) is 0 Å². The zero-order valence-corrected chi connectivity index (χ0v) is 27.8. The molecule has 0 spiro atoms. The standard InChI is InChI=1S/C37H30ClFN2O6S/c1-4-46-36(43)31-32(24-8-6-5-7-9-24)40-37-41(33(31)25-12-16-27(44-2)17-13-25)35(42)30(48-37)20-23-18-28(38)34(29(19-23)45-3)47-21-22-10-14-26(39)15-11-22/h5-20,33H,4,21H2,1-3H3/b30-20-/t33-/m1/s1. The highest BCUT2D eigenvalue weighted by molar-refractivity contribution is 7.07. The zero-order chi connectivity index (χ0) is 33.8. The van der Waals surface area contributed by atoms with Gasteiger partial charge in [-0.05, 0) is 66.1 Å². The van der Waals surface area contributed by atoms with Gasteiger partial charge < -0.3 is 18.9 Å². The van der Waals surface area contributed by atoms with Gasteiger partial charge in [0, 0.05) is 5.56 Å². The lowest BCUT2D eigenvalue weighted by atomic mass is 9.93. The predicted molar refractivity (Wildman–Crippen MR) is 183 cm³/mol. The van der Waals surface area contributed by atoms with Crippen LogP contribution < -0.4 is 29.1 Å². The maximum absolute atomic E-state index is 14.3. The average Bonchev–Trinajstić information content (AvgIpc) is 3.41. The minimum absolute atomic E-state index is 0.145. The Morgan fingerprint density at radius 3 is 2.40 bits per heavy atom. The third kappa shape index (κ3) is 6.62. The Hall–Kier alpha value is -5.19. The van der Waals surface area contributed by atoms with E-state index in [-0.39, 0.29) is 35.2 Å². The van der Waals surface area contributed by atoms with E-state index in [2.05, 4.69) is 0 Å². The Kier molecular flexibility index (Phi) is 9.75.